The first kappa shape index (κ1) is 13.6. The Morgan fingerprint density at radius 3 is 2.61 bits per heavy atom. The zero-order valence-electron chi connectivity index (χ0n) is 10.4. The largest absolute Gasteiger partial charge is 0.369 e. The molecule has 1 aromatic heterocycles. The Labute approximate surface area is 112 Å². The molecule has 0 aliphatic heterocycles. The van der Waals surface area contributed by atoms with Crippen molar-refractivity contribution >= 4 is 27.6 Å². The van der Waals surface area contributed by atoms with Crippen molar-refractivity contribution in [3.05, 3.63) is 18.3 Å². The Balaban J connectivity index is 2.00. The van der Waals surface area contributed by atoms with Gasteiger partial charge in [-0.3, -0.25) is 0 Å². The zero-order chi connectivity index (χ0) is 13.2. The van der Waals surface area contributed by atoms with Crippen LogP contribution in [0.2, 0.25) is 0 Å². The summed E-state index contributed by atoms with van der Waals surface area (Å²) in [4.78, 5) is 4.30. The molecule has 0 amide bonds. The minimum absolute atomic E-state index is 0.182. The lowest BCUT2D eigenvalue weighted by molar-refractivity contribution is 0.588. The maximum absolute atomic E-state index is 11.5. The van der Waals surface area contributed by atoms with Gasteiger partial charge in [-0.05, 0) is 38.3 Å². The van der Waals surface area contributed by atoms with Gasteiger partial charge in [0.05, 0.1) is 0 Å². The normalized spacial score (nSPS) is 17.4. The molecule has 1 aromatic rings. The summed E-state index contributed by atoms with van der Waals surface area (Å²) in [5.41, 5.74) is 0. The van der Waals surface area contributed by atoms with Gasteiger partial charge in [0.1, 0.15) is 10.7 Å². The Morgan fingerprint density at radius 2 is 2.17 bits per heavy atom. The molecule has 18 heavy (non-hydrogen) atoms. The van der Waals surface area contributed by atoms with Gasteiger partial charge < -0.3 is 5.32 Å². The standard InChI is InChI=1S/C11H17N3O2S2/c1-12-18(15,16)9-3-4-10(13-7-9)14-8-11(17-2)5-6-11/h3-4,7,12H,5-6,8H2,1-2H3,(H,13,14). The summed E-state index contributed by atoms with van der Waals surface area (Å²) in [6.07, 6.45) is 5.94. The van der Waals surface area contributed by atoms with E-state index >= 15 is 0 Å². The van der Waals surface area contributed by atoms with Gasteiger partial charge in [-0.25, -0.2) is 18.1 Å². The number of rotatable bonds is 6. The topological polar surface area (TPSA) is 71.1 Å². The molecule has 0 aromatic carbocycles. The molecule has 0 spiro atoms. The summed E-state index contributed by atoms with van der Waals surface area (Å²) < 4.78 is 25.6. The molecule has 1 aliphatic rings. The first-order valence-electron chi connectivity index (χ1n) is 5.70. The SMILES string of the molecule is CNS(=O)(=O)c1ccc(NCC2(SC)CC2)nc1. The summed E-state index contributed by atoms with van der Waals surface area (Å²) in [7, 11) is -2.01. The van der Waals surface area contributed by atoms with Crippen LogP contribution in [0.25, 0.3) is 0 Å². The monoisotopic (exact) mass is 287 g/mol. The van der Waals surface area contributed by atoms with Gasteiger partial charge in [0.15, 0.2) is 0 Å². The van der Waals surface area contributed by atoms with Gasteiger partial charge >= 0.3 is 0 Å². The molecule has 0 atom stereocenters. The van der Waals surface area contributed by atoms with Crippen LogP contribution in [0, 0.1) is 0 Å². The quantitative estimate of drug-likeness (QED) is 0.825. The molecule has 5 nitrogen and oxygen atoms in total. The Hall–Kier alpha value is -0.790. The van der Waals surface area contributed by atoms with Gasteiger partial charge in [-0.15, -0.1) is 0 Å². The van der Waals surface area contributed by atoms with Gasteiger partial charge in [-0.1, -0.05) is 0 Å². The van der Waals surface area contributed by atoms with Gasteiger partial charge in [0, 0.05) is 17.5 Å². The third kappa shape index (κ3) is 2.96. The Bertz CT molecular complexity index is 510. The molecule has 100 valence electrons. The number of hydrogen-bond acceptors (Lipinski definition) is 5. The lowest BCUT2D eigenvalue weighted by Crippen LogP contribution is -2.20. The molecule has 0 bridgehead atoms. The van der Waals surface area contributed by atoms with Crippen molar-refractivity contribution in [3.63, 3.8) is 0 Å². The highest BCUT2D eigenvalue weighted by atomic mass is 32.2. The third-order valence-corrected chi connectivity index (χ3v) is 5.97. The van der Waals surface area contributed by atoms with E-state index in [2.05, 4.69) is 21.3 Å². The first-order valence-corrected chi connectivity index (χ1v) is 8.41. The highest BCUT2D eigenvalue weighted by molar-refractivity contribution is 8.00. The van der Waals surface area contributed by atoms with E-state index in [1.54, 1.807) is 12.1 Å². The second-order valence-corrected chi connectivity index (χ2v) is 7.49. The summed E-state index contributed by atoms with van der Waals surface area (Å²) in [6, 6.07) is 3.25. The van der Waals surface area contributed by atoms with Crippen LogP contribution in [0.4, 0.5) is 5.82 Å². The molecule has 0 saturated heterocycles. The number of pyridine rings is 1. The number of thioether (sulfide) groups is 1. The van der Waals surface area contributed by atoms with Crippen LogP contribution in [-0.2, 0) is 10.0 Å². The predicted octanol–water partition coefficient (Wildman–Crippen LogP) is 1.30. The van der Waals surface area contributed by atoms with Gasteiger partial charge in [0.2, 0.25) is 10.0 Å². The predicted molar refractivity (Wildman–Crippen MR) is 74.5 cm³/mol. The summed E-state index contributed by atoms with van der Waals surface area (Å²) in [6.45, 7) is 0.874. The Kier molecular flexibility index (Phi) is 3.84. The van der Waals surface area contributed by atoms with Crippen LogP contribution >= 0.6 is 11.8 Å². The van der Waals surface area contributed by atoms with Crippen LogP contribution in [-0.4, -0.2) is 38.0 Å². The number of nitrogens with zero attached hydrogens (tertiary/aromatic N) is 1. The lowest BCUT2D eigenvalue weighted by Gasteiger charge is -2.13. The van der Waals surface area contributed by atoms with Gasteiger partial charge in [0.25, 0.3) is 0 Å². The molecular formula is C11H17N3O2S2. The summed E-state index contributed by atoms with van der Waals surface area (Å²) in [5, 5.41) is 3.25. The maximum Gasteiger partial charge on any atom is 0.241 e. The minimum atomic E-state index is -3.40. The number of nitrogens with one attached hydrogen (secondary N) is 2. The van der Waals surface area contributed by atoms with Crippen LogP contribution in [0.15, 0.2) is 23.2 Å². The van der Waals surface area contributed by atoms with Crippen molar-refractivity contribution in [3.8, 4) is 0 Å². The number of sulfonamides is 1. The number of hydrogen-bond donors (Lipinski definition) is 2. The first-order chi connectivity index (χ1) is 8.51. The van der Waals surface area contributed by atoms with E-state index in [1.165, 1.54) is 26.1 Å². The number of anilines is 1. The van der Waals surface area contributed by atoms with Gasteiger partial charge in [-0.2, -0.15) is 11.8 Å². The highest BCUT2D eigenvalue weighted by Gasteiger charge is 2.41. The fraction of sp³-hybridized carbons (Fsp3) is 0.545. The maximum atomic E-state index is 11.5. The average molecular weight is 287 g/mol. The minimum Gasteiger partial charge on any atom is -0.369 e. The molecule has 2 N–H and O–H groups in total. The van der Waals surface area contributed by atoms with E-state index < -0.39 is 10.0 Å². The van der Waals surface area contributed by atoms with E-state index in [0.717, 1.165) is 6.54 Å². The van der Waals surface area contributed by atoms with Crippen LogP contribution in [0.3, 0.4) is 0 Å². The molecule has 1 aliphatic carbocycles. The summed E-state index contributed by atoms with van der Waals surface area (Å²) in [5.74, 6) is 0.713. The molecular weight excluding hydrogens is 270 g/mol. The molecule has 0 radical (unpaired) electrons. The van der Waals surface area contributed by atoms with E-state index in [1.807, 2.05) is 11.8 Å². The average Bonchev–Trinajstić information content (AvgIpc) is 3.18. The fourth-order valence-corrected chi connectivity index (χ4v) is 3.01. The van der Waals surface area contributed by atoms with Crippen molar-refractivity contribution in [2.75, 3.05) is 25.2 Å². The van der Waals surface area contributed by atoms with E-state index in [9.17, 15) is 8.42 Å². The molecule has 2 rings (SSSR count). The van der Waals surface area contributed by atoms with Crippen molar-refractivity contribution in [2.24, 2.45) is 0 Å². The van der Waals surface area contributed by atoms with Crippen LogP contribution in [0.5, 0.6) is 0 Å². The molecule has 7 heteroatoms. The van der Waals surface area contributed by atoms with E-state index in [0.29, 0.717) is 10.6 Å². The fourth-order valence-electron chi connectivity index (χ4n) is 1.61. The lowest BCUT2D eigenvalue weighted by atomic mass is 10.4. The molecule has 0 unspecified atom stereocenters. The van der Waals surface area contributed by atoms with Crippen molar-refractivity contribution in [1.82, 2.24) is 9.71 Å². The highest BCUT2D eigenvalue weighted by Crippen LogP contribution is 2.46. The third-order valence-electron chi connectivity index (χ3n) is 3.15. The molecule has 1 heterocycles. The molecule has 1 fully saturated rings. The van der Waals surface area contributed by atoms with Crippen molar-refractivity contribution < 1.29 is 8.42 Å². The van der Waals surface area contributed by atoms with E-state index in [-0.39, 0.29) is 4.90 Å². The molecule has 1 saturated carbocycles. The summed E-state index contributed by atoms with van der Waals surface area (Å²) >= 11 is 1.87. The second-order valence-electron chi connectivity index (χ2n) is 4.33. The Morgan fingerprint density at radius 1 is 1.44 bits per heavy atom. The zero-order valence-corrected chi connectivity index (χ0v) is 12.1. The van der Waals surface area contributed by atoms with Crippen molar-refractivity contribution in [1.29, 1.82) is 0 Å². The van der Waals surface area contributed by atoms with Crippen molar-refractivity contribution in [2.45, 2.75) is 22.5 Å². The van der Waals surface area contributed by atoms with Crippen LogP contribution < -0.4 is 10.0 Å². The number of aromatic nitrogens is 1. The van der Waals surface area contributed by atoms with E-state index in [4.69, 9.17) is 0 Å². The second kappa shape index (κ2) is 5.07. The smallest absolute Gasteiger partial charge is 0.241 e. The van der Waals surface area contributed by atoms with Crippen LogP contribution in [0.1, 0.15) is 12.8 Å².